The number of ether oxygens (including phenoxy) is 2. The Balaban J connectivity index is 1.63. The molecule has 1 heterocycles. The van der Waals surface area contributed by atoms with Gasteiger partial charge in [0.25, 0.3) is 5.91 Å². The van der Waals surface area contributed by atoms with Crippen LogP contribution in [-0.2, 0) is 25.7 Å². The van der Waals surface area contributed by atoms with E-state index in [1.807, 2.05) is 30.3 Å². The second-order valence-corrected chi connectivity index (χ2v) is 5.21. The fraction of sp³-hybridized carbons (Fsp3) is 0.500. The van der Waals surface area contributed by atoms with Crippen LogP contribution in [0, 0.1) is 0 Å². The Labute approximate surface area is 135 Å². The molecule has 1 unspecified atom stereocenters. The number of alkyl carbamates (subject to hydrolysis) is 1. The Morgan fingerprint density at radius 2 is 2.09 bits per heavy atom. The summed E-state index contributed by atoms with van der Waals surface area (Å²) < 4.78 is 10.4. The number of rotatable bonds is 6. The van der Waals surface area contributed by atoms with Gasteiger partial charge >= 0.3 is 6.09 Å². The first-order valence-corrected chi connectivity index (χ1v) is 7.64. The van der Waals surface area contributed by atoms with Crippen LogP contribution in [0.1, 0.15) is 24.8 Å². The van der Waals surface area contributed by atoms with Crippen LogP contribution in [0.2, 0.25) is 0 Å². The molecule has 1 aliphatic rings. The molecule has 1 atom stereocenters. The fourth-order valence-electron chi connectivity index (χ4n) is 2.06. The maximum absolute atomic E-state index is 11.9. The molecule has 0 bridgehead atoms. The van der Waals surface area contributed by atoms with E-state index < -0.39 is 12.4 Å². The summed E-state index contributed by atoms with van der Waals surface area (Å²) in [6.45, 7) is 0.594. The highest BCUT2D eigenvalue weighted by Gasteiger charge is 2.20. The van der Waals surface area contributed by atoms with Crippen molar-refractivity contribution in [3.8, 4) is 0 Å². The SMILES string of the molecule is CN(OC1CCCCO1)C(=O)CNC(=O)OCc1ccccc1. The van der Waals surface area contributed by atoms with Gasteiger partial charge in [-0.25, -0.2) is 14.7 Å². The Hall–Kier alpha value is -2.12. The highest BCUT2D eigenvalue weighted by Crippen LogP contribution is 2.14. The van der Waals surface area contributed by atoms with Crippen LogP contribution in [0.5, 0.6) is 0 Å². The topological polar surface area (TPSA) is 77.1 Å². The average Bonchev–Trinajstić information content (AvgIpc) is 2.59. The quantitative estimate of drug-likeness (QED) is 0.809. The molecule has 1 aromatic carbocycles. The van der Waals surface area contributed by atoms with Gasteiger partial charge in [0.2, 0.25) is 0 Å². The van der Waals surface area contributed by atoms with Gasteiger partial charge in [0.1, 0.15) is 13.2 Å². The molecule has 1 N–H and O–H groups in total. The number of hydroxylamine groups is 2. The second-order valence-electron chi connectivity index (χ2n) is 5.21. The summed E-state index contributed by atoms with van der Waals surface area (Å²) in [4.78, 5) is 28.8. The first kappa shape index (κ1) is 17.2. The summed E-state index contributed by atoms with van der Waals surface area (Å²) in [5, 5.41) is 3.49. The molecule has 1 fully saturated rings. The molecule has 126 valence electrons. The van der Waals surface area contributed by atoms with Crippen molar-refractivity contribution in [1.29, 1.82) is 0 Å². The van der Waals surface area contributed by atoms with Gasteiger partial charge in [0.05, 0.1) is 0 Å². The number of nitrogens with one attached hydrogen (secondary N) is 1. The molecule has 23 heavy (non-hydrogen) atoms. The molecule has 0 spiro atoms. The van der Waals surface area contributed by atoms with E-state index in [4.69, 9.17) is 14.3 Å². The van der Waals surface area contributed by atoms with Crippen LogP contribution >= 0.6 is 0 Å². The predicted octanol–water partition coefficient (Wildman–Crippen LogP) is 1.83. The normalized spacial score (nSPS) is 17.3. The Morgan fingerprint density at radius 1 is 1.30 bits per heavy atom. The lowest BCUT2D eigenvalue weighted by atomic mass is 10.2. The minimum Gasteiger partial charge on any atom is -0.445 e. The zero-order chi connectivity index (χ0) is 16.5. The maximum Gasteiger partial charge on any atom is 0.407 e. The molecule has 0 aliphatic carbocycles. The highest BCUT2D eigenvalue weighted by atomic mass is 16.8. The van der Waals surface area contributed by atoms with E-state index in [1.165, 1.54) is 7.05 Å². The van der Waals surface area contributed by atoms with E-state index >= 15 is 0 Å². The molecule has 0 radical (unpaired) electrons. The van der Waals surface area contributed by atoms with Crippen molar-refractivity contribution in [2.24, 2.45) is 0 Å². The zero-order valence-corrected chi connectivity index (χ0v) is 13.2. The Bertz CT molecular complexity index is 502. The van der Waals surface area contributed by atoms with E-state index in [1.54, 1.807) is 0 Å². The minimum atomic E-state index is -0.649. The van der Waals surface area contributed by atoms with Gasteiger partial charge in [0, 0.05) is 20.1 Å². The number of carbonyl (C=O) groups is 2. The smallest absolute Gasteiger partial charge is 0.407 e. The lowest BCUT2D eigenvalue weighted by molar-refractivity contribution is -0.271. The standard InChI is InChI=1S/C16H22N2O5/c1-18(23-15-9-5-6-10-21-15)14(19)11-17-16(20)22-12-13-7-3-2-4-8-13/h2-4,7-8,15H,5-6,9-12H2,1H3,(H,17,20). The lowest BCUT2D eigenvalue weighted by Crippen LogP contribution is -2.41. The van der Waals surface area contributed by atoms with Gasteiger partial charge in [-0.1, -0.05) is 30.3 Å². The molecule has 1 saturated heterocycles. The third-order valence-electron chi connectivity index (χ3n) is 3.36. The number of nitrogens with zero attached hydrogens (tertiary/aromatic N) is 1. The Kier molecular flexibility index (Phi) is 6.83. The molecule has 7 heteroatoms. The zero-order valence-electron chi connectivity index (χ0n) is 13.2. The average molecular weight is 322 g/mol. The Morgan fingerprint density at radius 3 is 2.78 bits per heavy atom. The summed E-state index contributed by atoms with van der Waals surface area (Å²) in [7, 11) is 1.50. The second kappa shape index (κ2) is 9.12. The summed E-state index contributed by atoms with van der Waals surface area (Å²) in [6.07, 6.45) is 1.72. The van der Waals surface area contributed by atoms with Crippen molar-refractivity contribution < 1.29 is 23.9 Å². The molecule has 7 nitrogen and oxygen atoms in total. The third kappa shape index (κ3) is 6.25. The van der Waals surface area contributed by atoms with Crippen LogP contribution in [0.15, 0.2) is 30.3 Å². The van der Waals surface area contributed by atoms with Crippen molar-refractivity contribution >= 4 is 12.0 Å². The first-order valence-electron chi connectivity index (χ1n) is 7.64. The van der Waals surface area contributed by atoms with Gasteiger partial charge in [-0.05, 0) is 18.4 Å². The number of hydrogen-bond donors (Lipinski definition) is 1. The number of carbonyl (C=O) groups excluding carboxylic acids is 2. The molecular formula is C16H22N2O5. The summed E-state index contributed by atoms with van der Waals surface area (Å²) >= 11 is 0. The summed E-state index contributed by atoms with van der Waals surface area (Å²) in [5.41, 5.74) is 0.879. The molecule has 2 amide bonds. The van der Waals surface area contributed by atoms with Gasteiger partial charge < -0.3 is 14.8 Å². The summed E-state index contributed by atoms with van der Waals surface area (Å²) in [5.74, 6) is -0.379. The number of likely N-dealkylation sites (N-methyl/N-ethyl adjacent to an activating group) is 1. The van der Waals surface area contributed by atoms with Crippen molar-refractivity contribution in [2.45, 2.75) is 32.2 Å². The minimum absolute atomic E-state index is 0.156. The monoisotopic (exact) mass is 322 g/mol. The van der Waals surface area contributed by atoms with E-state index in [0.717, 1.165) is 29.9 Å². The van der Waals surface area contributed by atoms with Crippen LogP contribution in [0.25, 0.3) is 0 Å². The van der Waals surface area contributed by atoms with Gasteiger partial charge in [-0.2, -0.15) is 0 Å². The third-order valence-corrected chi connectivity index (χ3v) is 3.36. The molecule has 0 saturated carbocycles. The summed E-state index contributed by atoms with van der Waals surface area (Å²) in [6, 6.07) is 9.31. The number of hydrogen-bond acceptors (Lipinski definition) is 5. The largest absolute Gasteiger partial charge is 0.445 e. The van der Waals surface area contributed by atoms with Crippen molar-refractivity contribution in [2.75, 3.05) is 20.2 Å². The van der Waals surface area contributed by atoms with Crippen LogP contribution in [-0.4, -0.2) is 43.6 Å². The van der Waals surface area contributed by atoms with E-state index in [-0.39, 0.29) is 19.1 Å². The molecule has 1 aromatic rings. The number of benzene rings is 1. The van der Waals surface area contributed by atoms with Crippen LogP contribution in [0.3, 0.4) is 0 Å². The van der Waals surface area contributed by atoms with Crippen LogP contribution < -0.4 is 5.32 Å². The van der Waals surface area contributed by atoms with Crippen molar-refractivity contribution in [3.05, 3.63) is 35.9 Å². The number of amides is 2. The van der Waals surface area contributed by atoms with Crippen molar-refractivity contribution in [1.82, 2.24) is 10.4 Å². The lowest BCUT2D eigenvalue weighted by Gasteiger charge is -2.26. The fourth-order valence-corrected chi connectivity index (χ4v) is 2.06. The maximum atomic E-state index is 11.9. The predicted molar refractivity (Wildman–Crippen MR) is 82.1 cm³/mol. The first-order chi connectivity index (χ1) is 11.1. The highest BCUT2D eigenvalue weighted by molar-refractivity contribution is 5.81. The van der Waals surface area contributed by atoms with Gasteiger partial charge in [-0.15, -0.1) is 0 Å². The molecule has 2 rings (SSSR count). The molecule has 1 aliphatic heterocycles. The molecular weight excluding hydrogens is 300 g/mol. The van der Waals surface area contributed by atoms with Crippen LogP contribution in [0.4, 0.5) is 4.79 Å². The van der Waals surface area contributed by atoms with E-state index in [9.17, 15) is 9.59 Å². The molecule has 0 aromatic heterocycles. The van der Waals surface area contributed by atoms with Crippen molar-refractivity contribution in [3.63, 3.8) is 0 Å². The van der Waals surface area contributed by atoms with E-state index in [0.29, 0.717) is 6.61 Å². The van der Waals surface area contributed by atoms with E-state index in [2.05, 4.69) is 5.32 Å². The van der Waals surface area contributed by atoms with Gasteiger partial charge in [-0.3, -0.25) is 4.79 Å². The van der Waals surface area contributed by atoms with Gasteiger partial charge in [0.15, 0.2) is 6.29 Å².